The van der Waals surface area contributed by atoms with Crippen LogP contribution in [0.25, 0.3) is 16.9 Å². The maximum Gasteiger partial charge on any atom is 0.342 e. The van der Waals surface area contributed by atoms with Crippen molar-refractivity contribution in [2.75, 3.05) is 10.6 Å². The van der Waals surface area contributed by atoms with Crippen molar-refractivity contribution in [3.63, 3.8) is 0 Å². The lowest BCUT2D eigenvalue weighted by Gasteiger charge is -2.14. The second-order valence-corrected chi connectivity index (χ2v) is 8.41. The second kappa shape index (κ2) is 10.9. The number of nitrogens with zero attached hydrogens (tertiary/aromatic N) is 2. The number of benzene rings is 3. The van der Waals surface area contributed by atoms with Crippen molar-refractivity contribution in [2.45, 2.75) is 20.0 Å². The van der Waals surface area contributed by atoms with Gasteiger partial charge in [0.2, 0.25) is 5.91 Å². The first-order valence-electron chi connectivity index (χ1n) is 11.1. The van der Waals surface area contributed by atoms with Crippen LogP contribution in [-0.2, 0) is 14.3 Å². The normalized spacial score (nSPS) is 11.4. The molecule has 1 atom stereocenters. The highest BCUT2D eigenvalue weighted by atomic mass is 35.5. The van der Waals surface area contributed by atoms with Crippen molar-refractivity contribution < 1.29 is 19.1 Å². The number of amides is 2. The Bertz CT molecular complexity index is 1380. The molecule has 4 rings (SSSR count). The molecule has 0 saturated heterocycles. The fourth-order valence-corrected chi connectivity index (χ4v) is 3.54. The van der Waals surface area contributed by atoms with Gasteiger partial charge in [-0.1, -0.05) is 41.9 Å². The molecular weight excluding hydrogens is 480 g/mol. The average molecular weight is 503 g/mol. The summed E-state index contributed by atoms with van der Waals surface area (Å²) in [6, 6.07) is 22.9. The van der Waals surface area contributed by atoms with E-state index in [1.807, 2.05) is 30.3 Å². The standard InChI is InChI=1S/C27H23ClN4O4/c1-17(26(34)30-22-14-12-21(13-15-22)29-18(2)33)36-27(35)24-16-32(23-6-4-3-5-7-23)31-25(24)19-8-10-20(28)11-9-19/h3-17H,1-2H3,(H,29,33)(H,30,34). The topological polar surface area (TPSA) is 102 Å². The first-order valence-corrected chi connectivity index (χ1v) is 11.5. The average Bonchev–Trinajstić information content (AvgIpc) is 3.31. The van der Waals surface area contributed by atoms with Gasteiger partial charge < -0.3 is 15.4 Å². The number of nitrogens with one attached hydrogen (secondary N) is 2. The molecule has 182 valence electrons. The van der Waals surface area contributed by atoms with Crippen molar-refractivity contribution in [2.24, 2.45) is 0 Å². The molecule has 0 radical (unpaired) electrons. The molecule has 0 spiro atoms. The lowest BCUT2D eigenvalue weighted by atomic mass is 10.1. The van der Waals surface area contributed by atoms with Crippen LogP contribution in [0.1, 0.15) is 24.2 Å². The Morgan fingerprint density at radius 3 is 2.11 bits per heavy atom. The number of carbonyl (C=O) groups excluding carboxylic acids is 3. The summed E-state index contributed by atoms with van der Waals surface area (Å²) in [5.41, 5.74) is 3.15. The number of anilines is 2. The Morgan fingerprint density at radius 2 is 1.50 bits per heavy atom. The predicted molar refractivity (Wildman–Crippen MR) is 138 cm³/mol. The number of aromatic nitrogens is 2. The van der Waals surface area contributed by atoms with Gasteiger partial charge in [0.25, 0.3) is 5.91 Å². The molecule has 3 aromatic carbocycles. The molecule has 2 N–H and O–H groups in total. The van der Waals surface area contributed by atoms with Crippen LogP contribution >= 0.6 is 11.6 Å². The van der Waals surface area contributed by atoms with Gasteiger partial charge in [-0.15, -0.1) is 0 Å². The number of ether oxygens (including phenoxy) is 1. The van der Waals surface area contributed by atoms with Crippen LogP contribution in [0.2, 0.25) is 5.02 Å². The van der Waals surface area contributed by atoms with Crippen LogP contribution in [0.5, 0.6) is 0 Å². The number of esters is 1. The van der Waals surface area contributed by atoms with E-state index in [1.54, 1.807) is 59.4 Å². The molecule has 0 saturated carbocycles. The Morgan fingerprint density at radius 1 is 0.889 bits per heavy atom. The molecule has 0 bridgehead atoms. The smallest absolute Gasteiger partial charge is 0.342 e. The van der Waals surface area contributed by atoms with Gasteiger partial charge in [0.05, 0.1) is 5.69 Å². The molecule has 1 aromatic heterocycles. The fraction of sp³-hybridized carbons (Fsp3) is 0.111. The minimum Gasteiger partial charge on any atom is -0.449 e. The van der Waals surface area contributed by atoms with Crippen LogP contribution in [-0.4, -0.2) is 33.7 Å². The Kier molecular flexibility index (Phi) is 7.46. The van der Waals surface area contributed by atoms with Crippen LogP contribution in [0.4, 0.5) is 11.4 Å². The molecule has 36 heavy (non-hydrogen) atoms. The summed E-state index contributed by atoms with van der Waals surface area (Å²) in [5, 5.41) is 10.5. The summed E-state index contributed by atoms with van der Waals surface area (Å²) in [7, 11) is 0. The Balaban J connectivity index is 1.52. The Labute approximate surface area is 212 Å². The number of rotatable bonds is 7. The molecular formula is C27H23ClN4O4. The van der Waals surface area contributed by atoms with E-state index in [0.717, 1.165) is 5.69 Å². The number of carbonyl (C=O) groups is 3. The van der Waals surface area contributed by atoms with Crippen LogP contribution in [0.3, 0.4) is 0 Å². The van der Waals surface area contributed by atoms with Gasteiger partial charge in [-0.3, -0.25) is 9.59 Å². The van der Waals surface area contributed by atoms with E-state index >= 15 is 0 Å². The van der Waals surface area contributed by atoms with Gasteiger partial charge in [-0.25, -0.2) is 9.48 Å². The first kappa shape index (κ1) is 24.7. The summed E-state index contributed by atoms with van der Waals surface area (Å²) in [6.07, 6.45) is 0.498. The molecule has 0 aliphatic rings. The van der Waals surface area contributed by atoms with Crippen molar-refractivity contribution in [1.29, 1.82) is 0 Å². The largest absolute Gasteiger partial charge is 0.449 e. The highest BCUT2D eigenvalue weighted by molar-refractivity contribution is 6.30. The zero-order chi connectivity index (χ0) is 25.7. The van der Waals surface area contributed by atoms with E-state index in [2.05, 4.69) is 15.7 Å². The third-order valence-corrected chi connectivity index (χ3v) is 5.45. The maximum absolute atomic E-state index is 13.1. The van der Waals surface area contributed by atoms with Gasteiger partial charge in [-0.05, 0) is 55.5 Å². The van der Waals surface area contributed by atoms with Gasteiger partial charge in [0, 0.05) is 35.1 Å². The highest BCUT2D eigenvalue weighted by Gasteiger charge is 2.24. The molecule has 0 fully saturated rings. The molecule has 0 aliphatic carbocycles. The van der Waals surface area contributed by atoms with Crippen LogP contribution < -0.4 is 10.6 Å². The number of hydrogen-bond donors (Lipinski definition) is 2. The van der Waals surface area contributed by atoms with Crippen molar-refractivity contribution in [3.05, 3.63) is 95.6 Å². The zero-order valence-electron chi connectivity index (χ0n) is 19.6. The van der Waals surface area contributed by atoms with Crippen LogP contribution in [0, 0.1) is 0 Å². The van der Waals surface area contributed by atoms with Crippen molar-refractivity contribution in [1.82, 2.24) is 9.78 Å². The van der Waals surface area contributed by atoms with E-state index in [1.165, 1.54) is 13.8 Å². The SMILES string of the molecule is CC(=O)Nc1ccc(NC(=O)C(C)OC(=O)c2cn(-c3ccccc3)nc2-c2ccc(Cl)cc2)cc1. The van der Waals surface area contributed by atoms with Gasteiger partial charge >= 0.3 is 5.97 Å². The third kappa shape index (κ3) is 5.97. The van der Waals surface area contributed by atoms with Crippen molar-refractivity contribution >= 4 is 40.8 Å². The monoisotopic (exact) mass is 502 g/mol. The third-order valence-electron chi connectivity index (χ3n) is 5.20. The molecule has 1 heterocycles. The van der Waals surface area contributed by atoms with E-state index in [-0.39, 0.29) is 11.5 Å². The zero-order valence-corrected chi connectivity index (χ0v) is 20.3. The molecule has 1 unspecified atom stereocenters. The second-order valence-electron chi connectivity index (χ2n) is 7.97. The molecule has 9 heteroatoms. The summed E-state index contributed by atoms with van der Waals surface area (Å²) >= 11 is 6.02. The first-order chi connectivity index (χ1) is 17.3. The Hall–Kier alpha value is -4.43. The minimum absolute atomic E-state index is 0.194. The number of hydrogen-bond acceptors (Lipinski definition) is 5. The van der Waals surface area contributed by atoms with Gasteiger partial charge in [0.1, 0.15) is 11.3 Å². The number of halogens is 1. The summed E-state index contributed by atoms with van der Waals surface area (Å²) in [5.74, 6) is -1.38. The highest BCUT2D eigenvalue weighted by Crippen LogP contribution is 2.26. The minimum atomic E-state index is -1.08. The molecule has 8 nitrogen and oxygen atoms in total. The maximum atomic E-state index is 13.1. The van der Waals surface area contributed by atoms with E-state index < -0.39 is 18.0 Å². The molecule has 4 aromatic rings. The van der Waals surface area contributed by atoms with Gasteiger partial charge in [-0.2, -0.15) is 5.10 Å². The van der Waals surface area contributed by atoms with E-state index in [0.29, 0.717) is 27.7 Å². The van der Waals surface area contributed by atoms with Crippen LogP contribution in [0.15, 0.2) is 85.1 Å². The molecule has 2 amide bonds. The van der Waals surface area contributed by atoms with E-state index in [9.17, 15) is 14.4 Å². The number of para-hydroxylation sites is 1. The summed E-state index contributed by atoms with van der Waals surface area (Å²) in [6.45, 7) is 2.90. The van der Waals surface area contributed by atoms with Crippen molar-refractivity contribution in [3.8, 4) is 16.9 Å². The van der Waals surface area contributed by atoms with E-state index in [4.69, 9.17) is 16.3 Å². The fourth-order valence-electron chi connectivity index (χ4n) is 3.42. The lowest BCUT2D eigenvalue weighted by Crippen LogP contribution is -2.30. The lowest BCUT2D eigenvalue weighted by molar-refractivity contribution is -0.123. The van der Waals surface area contributed by atoms with Gasteiger partial charge in [0.15, 0.2) is 6.10 Å². The quantitative estimate of drug-likeness (QED) is 0.332. The molecule has 0 aliphatic heterocycles. The predicted octanol–water partition coefficient (Wildman–Crippen LogP) is 5.34. The summed E-state index contributed by atoms with van der Waals surface area (Å²) < 4.78 is 7.08. The summed E-state index contributed by atoms with van der Waals surface area (Å²) in [4.78, 5) is 37.0.